The van der Waals surface area contributed by atoms with Crippen LogP contribution in [0.2, 0.25) is 0 Å². The van der Waals surface area contributed by atoms with Crippen molar-refractivity contribution in [2.75, 3.05) is 13.1 Å². The number of H-pyrrole nitrogens is 1. The van der Waals surface area contributed by atoms with Gasteiger partial charge in [-0.15, -0.1) is 0 Å². The fourth-order valence-electron chi connectivity index (χ4n) is 4.66. The van der Waals surface area contributed by atoms with Crippen LogP contribution in [0.3, 0.4) is 0 Å². The highest BCUT2D eigenvalue weighted by Gasteiger charge is 2.28. The Morgan fingerprint density at radius 3 is 2.74 bits per heavy atom. The highest BCUT2D eigenvalue weighted by molar-refractivity contribution is 7.99. The molecular formula is C29H36N2O3S. The molecule has 1 fully saturated rings. The molecule has 186 valence electrons. The van der Waals surface area contributed by atoms with Gasteiger partial charge in [-0.2, -0.15) is 0 Å². The van der Waals surface area contributed by atoms with Crippen molar-refractivity contribution in [2.24, 2.45) is 0 Å². The van der Waals surface area contributed by atoms with Crippen LogP contribution in [0.4, 0.5) is 0 Å². The Balaban J connectivity index is 0.000000527. The zero-order chi connectivity index (χ0) is 25.0. The van der Waals surface area contributed by atoms with Crippen molar-refractivity contribution in [1.29, 1.82) is 0 Å². The second kappa shape index (κ2) is 10.9. The Labute approximate surface area is 212 Å². The number of carboxylic acid groups (broad SMARTS) is 1. The van der Waals surface area contributed by atoms with Gasteiger partial charge in [-0.1, -0.05) is 36.9 Å². The van der Waals surface area contributed by atoms with E-state index >= 15 is 0 Å². The van der Waals surface area contributed by atoms with E-state index in [1.54, 1.807) is 18.7 Å². The summed E-state index contributed by atoms with van der Waals surface area (Å²) in [6.45, 7) is 10.2. The van der Waals surface area contributed by atoms with E-state index < -0.39 is 5.97 Å². The molecule has 2 aliphatic rings. The SMILES string of the molecule is CC(C)(C)Oc1ccccc1Sc1ccc2[nH]cc(C3=CCN4CCCC4C3)c2c1.CCC(=O)O. The molecule has 0 spiro atoms. The minimum atomic E-state index is -0.745. The van der Waals surface area contributed by atoms with Gasteiger partial charge in [0.2, 0.25) is 0 Å². The summed E-state index contributed by atoms with van der Waals surface area (Å²) in [5.41, 5.74) is 3.88. The van der Waals surface area contributed by atoms with Crippen molar-refractivity contribution in [2.45, 2.75) is 74.8 Å². The number of hydrogen-bond acceptors (Lipinski definition) is 4. The first-order chi connectivity index (χ1) is 16.7. The van der Waals surface area contributed by atoms with Crippen molar-refractivity contribution in [3.63, 3.8) is 0 Å². The number of nitrogens with zero attached hydrogens (tertiary/aromatic N) is 1. The average molecular weight is 493 g/mol. The van der Waals surface area contributed by atoms with Crippen molar-refractivity contribution < 1.29 is 14.6 Å². The molecule has 2 aliphatic heterocycles. The molecule has 2 aromatic carbocycles. The Bertz CT molecular complexity index is 1210. The number of fused-ring (bicyclic) bond motifs is 2. The van der Waals surface area contributed by atoms with Crippen LogP contribution in [-0.4, -0.2) is 45.7 Å². The second-order valence-corrected chi connectivity index (χ2v) is 11.3. The highest BCUT2D eigenvalue weighted by atomic mass is 32.2. The number of ether oxygens (including phenoxy) is 1. The van der Waals surface area contributed by atoms with E-state index in [1.165, 1.54) is 52.7 Å². The van der Waals surface area contributed by atoms with Crippen LogP contribution in [0.15, 0.2) is 64.5 Å². The van der Waals surface area contributed by atoms with Gasteiger partial charge < -0.3 is 14.8 Å². The van der Waals surface area contributed by atoms with Crippen LogP contribution in [0, 0.1) is 0 Å². The van der Waals surface area contributed by atoms with Crippen LogP contribution < -0.4 is 4.74 Å². The number of benzene rings is 2. The van der Waals surface area contributed by atoms with Gasteiger partial charge in [0.15, 0.2) is 0 Å². The summed E-state index contributed by atoms with van der Waals surface area (Å²) in [7, 11) is 0. The first-order valence-electron chi connectivity index (χ1n) is 12.5. The van der Waals surface area contributed by atoms with Crippen molar-refractivity contribution in [3.8, 4) is 5.75 Å². The molecule has 35 heavy (non-hydrogen) atoms. The number of nitrogens with one attached hydrogen (secondary N) is 1. The topological polar surface area (TPSA) is 65.6 Å². The van der Waals surface area contributed by atoms with Gasteiger partial charge in [-0.3, -0.25) is 9.69 Å². The fourth-order valence-corrected chi connectivity index (χ4v) is 5.58. The molecule has 1 unspecified atom stereocenters. The number of rotatable bonds is 5. The Hall–Kier alpha value is -2.70. The molecular weight excluding hydrogens is 456 g/mol. The number of aromatic nitrogens is 1. The molecule has 0 saturated carbocycles. The molecule has 3 aromatic rings. The zero-order valence-electron chi connectivity index (χ0n) is 21.1. The van der Waals surface area contributed by atoms with E-state index in [0.29, 0.717) is 0 Å². The van der Waals surface area contributed by atoms with Gasteiger partial charge in [-0.25, -0.2) is 0 Å². The summed E-state index contributed by atoms with van der Waals surface area (Å²) in [5, 5.41) is 9.05. The Morgan fingerprint density at radius 1 is 1.23 bits per heavy atom. The lowest BCUT2D eigenvalue weighted by atomic mass is 9.94. The molecule has 5 rings (SSSR count). The van der Waals surface area contributed by atoms with E-state index in [2.05, 4.69) is 79.3 Å². The minimum Gasteiger partial charge on any atom is -0.487 e. The third kappa shape index (κ3) is 6.50. The number of hydrogen-bond donors (Lipinski definition) is 2. The van der Waals surface area contributed by atoms with Crippen LogP contribution in [0.5, 0.6) is 5.75 Å². The molecule has 6 heteroatoms. The average Bonchev–Trinajstić information content (AvgIpc) is 3.46. The lowest BCUT2D eigenvalue weighted by molar-refractivity contribution is -0.136. The smallest absolute Gasteiger partial charge is 0.303 e. The third-order valence-electron chi connectivity index (χ3n) is 6.32. The molecule has 2 N–H and O–H groups in total. The summed E-state index contributed by atoms with van der Waals surface area (Å²) >= 11 is 1.78. The van der Waals surface area contributed by atoms with Crippen LogP contribution in [0.1, 0.15) is 58.9 Å². The largest absolute Gasteiger partial charge is 0.487 e. The Morgan fingerprint density at radius 2 is 2.00 bits per heavy atom. The first kappa shape index (κ1) is 25.4. The predicted octanol–water partition coefficient (Wildman–Crippen LogP) is 7.23. The third-order valence-corrected chi connectivity index (χ3v) is 7.37. The molecule has 0 radical (unpaired) electrons. The number of aromatic amines is 1. The van der Waals surface area contributed by atoms with Gasteiger partial charge in [0, 0.05) is 46.6 Å². The van der Waals surface area contributed by atoms with E-state index in [-0.39, 0.29) is 12.0 Å². The zero-order valence-corrected chi connectivity index (χ0v) is 22.0. The summed E-state index contributed by atoms with van der Waals surface area (Å²) < 4.78 is 6.20. The summed E-state index contributed by atoms with van der Waals surface area (Å²) in [6.07, 6.45) is 8.72. The van der Waals surface area contributed by atoms with Gasteiger partial charge >= 0.3 is 5.97 Å². The van der Waals surface area contributed by atoms with Crippen LogP contribution in [0.25, 0.3) is 16.5 Å². The quantitative estimate of drug-likeness (QED) is 0.393. The molecule has 0 bridgehead atoms. The van der Waals surface area contributed by atoms with E-state index in [1.807, 2.05) is 6.07 Å². The van der Waals surface area contributed by atoms with E-state index in [0.717, 1.165) is 23.2 Å². The van der Waals surface area contributed by atoms with Gasteiger partial charge in [0.25, 0.3) is 0 Å². The first-order valence-corrected chi connectivity index (χ1v) is 13.3. The lowest BCUT2D eigenvalue weighted by Crippen LogP contribution is -2.32. The lowest BCUT2D eigenvalue weighted by Gasteiger charge is -2.29. The maximum atomic E-state index is 9.37. The highest BCUT2D eigenvalue weighted by Crippen LogP contribution is 2.40. The van der Waals surface area contributed by atoms with Crippen molar-refractivity contribution in [3.05, 3.63) is 60.3 Å². The van der Waals surface area contributed by atoms with Crippen molar-refractivity contribution in [1.82, 2.24) is 9.88 Å². The minimum absolute atomic E-state index is 0.212. The molecule has 5 nitrogen and oxygen atoms in total. The summed E-state index contributed by atoms with van der Waals surface area (Å²) in [6, 6.07) is 15.8. The monoisotopic (exact) mass is 492 g/mol. The van der Waals surface area contributed by atoms with Gasteiger partial charge in [-0.05, 0) is 82.5 Å². The normalized spacial score (nSPS) is 17.9. The molecule has 1 saturated heterocycles. The van der Waals surface area contributed by atoms with Crippen LogP contribution in [-0.2, 0) is 4.79 Å². The summed E-state index contributed by atoms with van der Waals surface area (Å²) in [4.78, 5) is 17.9. The molecule has 1 atom stereocenters. The number of aliphatic carboxylic acids is 1. The van der Waals surface area contributed by atoms with Gasteiger partial charge in [0.05, 0.1) is 4.90 Å². The number of para-hydroxylation sites is 1. The van der Waals surface area contributed by atoms with Crippen molar-refractivity contribution >= 4 is 34.2 Å². The van der Waals surface area contributed by atoms with E-state index in [9.17, 15) is 4.79 Å². The number of carbonyl (C=O) groups is 1. The van der Waals surface area contributed by atoms with E-state index in [4.69, 9.17) is 9.84 Å². The summed E-state index contributed by atoms with van der Waals surface area (Å²) in [5.74, 6) is 0.200. The van der Waals surface area contributed by atoms with Gasteiger partial charge in [0.1, 0.15) is 11.4 Å². The molecule has 3 heterocycles. The Kier molecular flexibility index (Phi) is 7.92. The molecule has 0 amide bonds. The standard InChI is InChI=1S/C26H30N2OS.C3H6O2/c1-26(2,3)29-24-8-4-5-9-25(24)30-20-10-11-23-21(16-20)22(17-27-23)18-12-14-28-13-6-7-19(28)15-18;1-2-3(4)5/h4-5,8-12,16-17,19,27H,6-7,13-15H2,1-3H3;2H2,1H3,(H,4,5). The fraction of sp³-hybridized carbons (Fsp3) is 0.414. The maximum Gasteiger partial charge on any atom is 0.303 e. The number of carboxylic acids is 1. The molecule has 1 aromatic heterocycles. The maximum absolute atomic E-state index is 9.37. The molecule has 0 aliphatic carbocycles. The second-order valence-electron chi connectivity index (χ2n) is 10.1. The van der Waals surface area contributed by atoms with Crippen LogP contribution >= 0.6 is 11.8 Å². The predicted molar refractivity (Wildman–Crippen MR) is 144 cm³/mol.